The van der Waals surface area contributed by atoms with Gasteiger partial charge >= 0.3 is 0 Å². The third-order valence-corrected chi connectivity index (χ3v) is 3.32. The summed E-state index contributed by atoms with van der Waals surface area (Å²) in [6.45, 7) is 2.83. The summed E-state index contributed by atoms with van der Waals surface area (Å²) < 4.78 is 1.89. The Morgan fingerprint density at radius 1 is 1.32 bits per heavy atom. The molecule has 5 nitrogen and oxygen atoms in total. The Hall–Kier alpha value is -2.14. The molecule has 2 heterocycles. The average molecular weight is 255 g/mol. The fourth-order valence-electron chi connectivity index (χ4n) is 2.25. The van der Waals surface area contributed by atoms with Gasteiger partial charge in [-0.15, -0.1) is 0 Å². The smallest absolute Gasteiger partial charge is 0.121 e. The highest BCUT2D eigenvalue weighted by Crippen LogP contribution is 2.13. The van der Waals surface area contributed by atoms with E-state index < -0.39 is 0 Å². The van der Waals surface area contributed by atoms with E-state index in [9.17, 15) is 0 Å². The number of nitrogens with zero attached hydrogens (tertiary/aromatic N) is 3. The zero-order chi connectivity index (χ0) is 13.2. The predicted molar refractivity (Wildman–Crippen MR) is 74.6 cm³/mol. The molecule has 0 spiro atoms. The SMILES string of the molecule is CC(NCc1nc2ccccc2[nH]1)c1ccnn1C. The molecule has 2 N–H and O–H groups in total. The fourth-order valence-corrected chi connectivity index (χ4v) is 2.25. The molecule has 98 valence electrons. The molecule has 3 aromatic rings. The highest BCUT2D eigenvalue weighted by Gasteiger charge is 2.09. The minimum atomic E-state index is 0.237. The lowest BCUT2D eigenvalue weighted by atomic mass is 10.2. The molecule has 1 atom stereocenters. The van der Waals surface area contributed by atoms with Crippen molar-refractivity contribution in [2.24, 2.45) is 7.05 Å². The Morgan fingerprint density at radius 3 is 2.89 bits per heavy atom. The van der Waals surface area contributed by atoms with Crippen molar-refractivity contribution in [2.45, 2.75) is 19.5 Å². The molecule has 3 rings (SSSR count). The topological polar surface area (TPSA) is 58.5 Å². The summed E-state index contributed by atoms with van der Waals surface area (Å²) >= 11 is 0. The fraction of sp³-hybridized carbons (Fsp3) is 0.286. The van der Waals surface area contributed by atoms with Crippen LogP contribution in [0.3, 0.4) is 0 Å². The van der Waals surface area contributed by atoms with Crippen molar-refractivity contribution in [3.05, 3.63) is 48.0 Å². The number of nitrogens with one attached hydrogen (secondary N) is 2. The van der Waals surface area contributed by atoms with Crippen molar-refractivity contribution in [3.63, 3.8) is 0 Å². The first-order valence-corrected chi connectivity index (χ1v) is 6.39. The van der Waals surface area contributed by atoms with E-state index >= 15 is 0 Å². The van der Waals surface area contributed by atoms with E-state index in [2.05, 4.69) is 27.3 Å². The summed E-state index contributed by atoms with van der Waals surface area (Å²) in [7, 11) is 1.95. The van der Waals surface area contributed by atoms with Gasteiger partial charge in [0.25, 0.3) is 0 Å². The molecule has 0 aliphatic rings. The Kier molecular flexibility index (Phi) is 3.05. The maximum atomic E-state index is 4.55. The minimum absolute atomic E-state index is 0.237. The average Bonchev–Trinajstić information content (AvgIpc) is 3.01. The van der Waals surface area contributed by atoms with Gasteiger partial charge in [-0.25, -0.2) is 4.98 Å². The zero-order valence-corrected chi connectivity index (χ0v) is 11.1. The van der Waals surface area contributed by atoms with Gasteiger partial charge in [0.1, 0.15) is 5.82 Å². The highest BCUT2D eigenvalue weighted by molar-refractivity contribution is 5.74. The minimum Gasteiger partial charge on any atom is -0.341 e. The van der Waals surface area contributed by atoms with Crippen LogP contribution in [-0.4, -0.2) is 19.7 Å². The van der Waals surface area contributed by atoms with Crippen LogP contribution < -0.4 is 5.32 Å². The molecule has 1 unspecified atom stereocenters. The molecule has 0 fully saturated rings. The van der Waals surface area contributed by atoms with Gasteiger partial charge < -0.3 is 10.3 Å². The van der Waals surface area contributed by atoms with Crippen LogP contribution in [0.1, 0.15) is 24.5 Å². The summed E-state index contributed by atoms with van der Waals surface area (Å²) in [5.74, 6) is 0.954. The zero-order valence-electron chi connectivity index (χ0n) is 11.1. The van der Waals surface area contributed by atoms with Gasteiger partial charge in [-0.2, -0.15) is 5.10 Å². The number of benzene rings is 1. The number of hydrogen-bond acceptors (Lipinski definition) is 3. The Balaban J connectivity index is 1.70. The summed E-state index contributed by atoms with van der Waals surface area (Å²) in [5.41, 5.74) is 3.25. The number of para-hydroxylation sites is 2. The molecule has 2 aromatic heterocycles. The molecular formula is C14H17N5. The van der Waals surface area contributed by atoms with E-state index in [0.29, 0.717) is 6.54 Å². The van der Waals surface area contributed by atoms with Crippen molar-refractivity contribution in [3.8, 4) is 0 Å². The van der Waals surface area contributed by atoms with Crippen LogP contribution in [0, 0.1) is 0 Å². The van der Waals surface area contributed by atoms with Gasteiger partial charge in [0.05, 0.1) is 23.3 Å². The second-order valence-corrected chi connectivity index (χ2v) is 4.68. The Labute approximate surface area is 111 Å². The first kappa shape index (κ1) is 11.9. The Morgan fingerprint density at radius 2 is 2.16 bits per heavy atom. The normalized spacial score (nSPS) is 12.9. The van der Waals surface area contributed by atoms with Crippen molar-refractivity contribution in [1.29, 1.82) is 0 Å². The number of aromatic nitrogens is 4. The summed E-state index contributed by atoms with van der Waals surface area (Å²) in [4.78, 5) is 7.86. The molecule has 0 bridgehead atoms. The summed E-state index contributed by atoms with van der Waals surface area (Å²) in [6, 6.07) is 10.3. The molecule has 0 saturated heterocycles. The van der Waals surface area contributed by atoms with Gasteiger partial charge in [-0.05, 0) is 25.1 Å². The lowest BCUT2D eigenvalue weighted by molar-refractivity contribution is 0.522. The molecule has 0 aliphatic heterocycles. The summed E-state index contributed by atoms with van der Waals surface area (Å²) in [5, 5.41) is 7.63. The lowest BCUT2D eigenvalue weighted by Crippen LogP contribution is -2.21. The van der Waals surface area contributed by atoms with Gasteiger partial charge in [0, 0.05) is 19.3 Å². The molecule has 1 aromatic carbocycles. The second-order valence-electron chi connectivity index (χ2n) is 4.68. The van der Waals surface area contributed by atoms with E-state index in [4.69, 9.17) is 0 Å². The molecule has 0 saturated carbocycles. The van der Waals surface area contributed by atoms with Crippen molar-refractivity contribution >= 4 is 11.0 Å². The molecule has 5 heteroatoms. The number of H-pyrrole nitrogens is 1. The largest absolute Gasteiger partial charge is 0.341 e. The van der Waals surface area contributed by atoms with E-state index in [1.54, 1.807) is 0 Å². The molecule has 19 heavy (non-hydrogen) atoms. The number of fused-ring (bicyclic) bond motifs is 1. The molecular weight excluding hydrogens is 238 g/mol. The first-order chi connectivity index (χ1) is 9.24. The van der Waals surface area contributed by atoms with Crippen LogP contribution in [0.5, 0.6) is 0 Å². The number of aromatic amines is 1. The number of rotatable bonds is 4. The highest BCUT2D eigenvalue weighted by atomic mass is 15.3. The predicted octanol–water partition coefficient (Wildman–Crippen LogP) is 2.15. The van der Waals surface area contributed by atoms with Gasteiger partial charge in [0.2, 0.25) is 0 Å². The quantitative estimate of drug-likeness (QED) is 0.751. The van der Waals surface area contributed by atoms with Gasteiger partial charge in [-0.3, -0.25) is 4.68 Å². The second kappa shape index (κ2) is 4.85. The van der Waals surface area contributed by atoms with E-state index in [1.807, 2.05) is 48.3 Å². The van der Waals surface area contributed by atoms with Gasteiger partial charge in [-0.1, -0.05) is 12.1 Å². The first-order valence-electron chi connectivity index (χ1n) is 6.39. The van der Waals surface area contributed by atoms with Crippen molar-refractivity contribution < 1.29 is 0 Å². The van der Waals surface area contributed by atoms with E-state index in [1.165, 1.54) is 0 Å². The monoisotopic (exact) mass is 255 g/mol. The Bertz CT molecular complexity index is 649. The molecule has 0 radical (unpaired) electrons. The van der Waals surface area contributed by atoms with Crippen LogP contribution in [0.2, 0.25) is 0 Å². The number of imidazole rings is 1. The van der Waals surface area contributed by atoms with Crippen LogP contribution in [0.4, 0.5) is 0 Å². The maximum Gasteiger partial charge on any atom is 0.121 e. The van der Waals surface area contributed by atoms with Crippen LogP contribution in [0.25, 0.3) is 11.0 Å². The van der Waals surface area contributed by atoms with Crippen LogP contribution in [0.15, 0.2) is 36.5 Å². The van der Waals surface area contributed by atoms with E-state index in [-0.39, 0.29) is 6.04 Å². The third kappa shape index (κ3) is 2.37. The third-order valence-electron chi connectivity index (χ3n) is 3.32. The van der Waals surface area contributed by atoms with Crippen LogP contribution >= 0.6 is 0 Å². The standard InChI is InChI=1S/C14H17N5/c1-10(13-7-8-16-19(13)2)15-9-14-17-11-5-3-4-6-12(11)18-14/h3-8,10,15H,9H2,1-2H3,(H,17,18). The summed E-state index contributed by atoms with van der Waals surface area (Å²) in [6.07, 6.45) is 1.81. The number of aryl methyl sites for hydroxylation is 1. The van der Waals surface area contributed by atoms with Gasteiger partial charge in [0.15, 0.2) is 0 Å². The molecule has 0 aliphatic carbocycles. The van der Waals surface area contributed by atoms with E-state index in [0.717, 1.165) is 22.6 Å². The lowest BCUT2D eigenvalue weighted by Gasteiger charge is -2.12. The maximum absolute atomic E-state index is 4.55. The van der Waals surface area contributed by atoms with Crippen molar-refractivity contribution in [2.75, 3.05) is 0 Å². The molecule has 0 amide bonds. The number of hydrogen-bond donors (Lipinski definition) is 2. The van der Waals surface area contributed by atoms with Crippen LogP contribution in [-0.2, 0) is 13.6 Å². The van der Waals surface area contributed by atoms with Crippen molar-refractivity contribution in [1.82, 2.24) is 25.1 Å².